The molecule has 0 bridgehead atoms. The van der Waals surface area contributed by atoms with E-state index in [1.54, 1.807) is 0 Å². The maximum absolute atomic E-state index is 10.7. The molecule has 3 rings (SSSR count). The summed E-state index contributed by atoms with van der Waals surface area (Å²) in [5, 5.41) is 1.98. The molecule has 0 spiro atoms. The summed E-state index contributed by atoms with van der Waals surface area (Å²) < 4.78 is 0. The average molecular weight is 289 g/mol. The van der Waals surface area contributed by atoms with Crippen LogP contribution in [-0.4, -0.2) is 13.3 Å². The van der Waals surface area contributed by atoms with Crippen LogP contribution in [0.1, 0.15) is 0 Å². The average Bonchev–Trinajstić information content (AvgIpc) is 2.56. The third-order valence-corrected chi connectivity index (χ3v) is 4.85. The van der Waals surface area contributed by atoms with Crippen LogP contribution in [0.15, 0.2) is 84.9 Å². The van der Waals surface area contributed by atoms with Gasteiger partial charge in [0.1, 0.15) is 0 Å². The highest BCUT2D eigenvalue weighted by Crippen LogP contribution is 2.33. The lowest BCUT2D eigenvalue weighted by Crippen LogP contribution is -2.13. The molecule has 0 heterocycles. The SMILES string of the molecule is O[P@](c1ccccc1)c1ccccc1-c1ccccc1.[B]. The van der Waals surface area contributed by atoms with Crippen molar-refractivity contribution in [3.05, 3.63) is 84.9 Å². The highest BCUT2D eigenvalue weighted by Gasteiger charge is 2.15. The second-order valence-electron chi connectivity index (χ2n) is 4.53. The van der Waals surface area contributed by atoms with Crippen LogP contribution in [0.5, 0.6) is 0 Å². The minimum absolute atomic E-state index is 0. The molecule has 0 aliphatic heterocycles. The lowest BCUT2D eigenvalue weighted by atomic mass is 10.1. The van der Waals surface area contributed by atoms with Gasteiger partial charge >= 0.3 is 0 Å². The van der Waals surface area contributed by atoms with E-state index in [9.17, 15) is 4.89 Å². The molecule has 0 aliphatic carbocycles. The van der Waals surface area contributed by atoms with Crippen LogP contribution in [0.25, 0.3) is 11.1 Å². The molecular weight excluding hydrogens is 274 g/mol. The smallest absolute Gasteiger partial charge is 0.0883 e. The first-order valence-electron chi connectivity index (χ1n) is 6.55. The van der Waals surface area contributed by atoms with Gasteiger partial charge in [0, 0.05) is 19.0 Å². The molecule has 0 aliphatic rings. The highest BCUT2D eigenvalue weighted by molar-refractivity contribution is 7.67. The Labute approximate surface area is 128 Å². The van der Waals surface area contributed by atoms with Crippen molar-refractivity contribution < 1.29 is 4.89 Å². The molecule has 3 heteroatoms. The van der Waals surface area contributed by atoms with E-state index in [1.807, 2.05) is 66.7 Å². The number of hydrogen-bond acceptors (Lipinski definition) is 1. The summed E-state index contributed by atoms with van der Waals surface area (Å²) in [6, 6.07) is 28.1. The molecule has 0 amide bonds. The summed E-state index contributed by atoms with van der Waals surface area (Å²) in [5.41, 5.74) is 2.24. The predicted molar refractivity (Wildman–Crippen MR) is 92.5 cm³/mol. The Hall–Kier alpha value is -1.89. The van der Waals surface area contributed by atoms with Gasteiger partial charge in [-0.3, -0.25) is 0 Å². The van der Waals surface area contributed by atoms with E-state index < -0.39 is 8.15 Å². The zero-order valence-electron chi connectivity index (χ0n) is 11.6. The molecule has 1 atom stereocenters. The Morgan fingerprint density at radius 2 is 1.14 bits per heavy atom. The third kappa shape index (κ3) is 3.42. The lowest BCUT2D eigenvalue weighted by Gasteiger charge is -2.15. The lowest BCUT2D eigenvalue weighted by molar-refractivity contribution is 0.645. The Morgan fingerprint density at radius 1 is 0.619 bits per heavy atom. The van der Waals surface area contributed by atoms with E-state index >= 15 is 0 Å². The van der Waals surface area contributed by atoms with Crippen LogP contribution in [-0.2, 0) is 0 Å². The van der Waals surface area contributed by atoms with Crippen LogP contribution in [0.4, 0.5) is 0 Å². The van der Waals surface area contributed by atoms with Gasteiger partial charge in [-0.2, -0.15) is 0 Å². The van der Waals surface area contributed by atoms with Crippen molar-refractivity contribution in [3.8, 4) is 11.1 Å². The van der Waals surface area contributed by atoms with Crippen molar-refractivity contribution in [2.24, 2.45) is 0 Å². The van der Waals surface area contributed by atoms with Gasteiger partial charge in [0.2, 0.25) is 0 Å². The minimum atomic E-state index is -1.32. The van der Waals surface area contributed by atoms with E-state index in [0.29, 0.717) is 0 Å². The molecule has 0 fully saturated rings. The van der Waals surface area contributed by atoms with Gasteiger partial charge in [-0.25, -0.2) is 0 Å². The fraction of sp³-hybridized carbons (Fsp3) is 0. The van der Waals surface area contributed by atoms with Crippen LogP contribution in [0, 0.1) is 0 Å². The third-order valence-electron chi connectivity index (χ3n) is 3.22. The van der Waals surface area contributed by atoms with E-state index in [1.165, 1.54) is 0 Å². The van der Waals surface area contributed by atoms with Crippen LogP contribution in [0.2, 0.25) is 0 Å². The molecule has 1 N–H and O–H groups in total. The second kappa shape index (κ2) is 7.22. The Morgan fingerprint density at radius 3 is 1.81 bits per heavy atom. The first kappa shape index (κ1) is 15.5. The van der Waals surface area contributed by atoms with Gasteiger partial charge in [0.05, 0.1) is 8.15 Å². The van der Waals surface area contributed by atoms with E-state index in [4.69, 9.17) is 0 Å². The van der Waals surface area contributed by atoms with E-state index in [-0.39, 0.29) is 8.41 Å². The van der Waals surface area contributed by atoms with Crippen molar-refractivity contribution in [1.29, 1.82) is 0 Å². The maximum Gasteiger partial charge on any atom is 0.0883 e. The highest BCUT2D eigenvalue weighted by atomic mass is 31.1. The zero-order chi connectivity index (χ0) is 13.8. The van der Waals surface area contributed by atoms with Gasteiger partial charge in [-0.1, -0.05) is 84.9 Å². The van der Waals surface area contributed by atoms with Crippen LogP contribution >= 0.6 is 8.15 Å². The summed E-state index contributed by atoms with van der Waals surface area (Å²) >= 11 is 0. The Kier molecular flexibility index (Phi) is 5.33. The summed E-state index contributed by atoms with van der Waals surface area (Å²) in [6.07, 6.45) is 0. The molecule has 3 radical (unpaired) electrons. The van der Waals surface area contributed by atoms with Crippen LogP contribution in [0.3, 0.4) is 0 Å². The standard InChI is InChI=1S/C18H15OP.B/c19-20(16-11-5-2-6-12-16)18-14-8-7-13-17(18)15-9-3-1-4-10-15;/h1-14,19H;/t20-;/m1./s1. The first-order chi connectivity index (χ1) is 9.86. The summed E-state index contributed by atoms with van der Waals surface area (Å²) in [7, 11) is -1.32. The van der Waals surface area contributed by atoms with Crippen molar-refractivity contribution in [2.45, 2.75) is 0 Å². The molecule has 0 aromatic heterocycles. The second-order valence-corrected chi connectivity index (χ2v) is 6.15. The van der Waals surface area contributed by atoms with Crippen LogP contribution < -0.4 is 10.6 Å². The Bertz CT molecular complexity index is 686. The monoisotopic (exact) mass is 289 g/mol. The summed E-state index contributed by atoms with van der Waals surface area (Å²) in [6.45, 7) is 0. The molecule has 3 aromatic rings. The molecular formula is C18H15BOP. The van der Waals surface area contributed by atoms with Crippen molar-refractivity contribution in [1.82, 2.24) is 0 Å². The predicted octanol–water partition coefficient (Wildman–Crippen LogP) is 3.31. The van der Waals surface area contributed by atoms with E-state index in [0.717, 1.165) is 21.7 Å². The summed E-state index contributed by atoms with van der Waals surface area (Å²) in [4.78, 5) is 10.7. The van der Waals surface area contributed by atoms with Crippen molar-refractivity contribution >= 4 is 27.2 Å². The topological polar surface area (TPSA) is 20.2 Å². The molecule has 0 saturated heterocycles. The quantitative estimate of drug-likeness (QED) is 0.579. The molecule has 21 heavy (non-hydrogen) atoms. The molecule has 3 aromatic carbocycles. The first-order valence-corrected chi connectivity index (χ1v) is 7.84. The summed E-state index contributed by atoms with van der Waals surface area (Å²) in [5.74, 6) is 0. The number of hydrogen-bond donors (Lipinski definition) is 1. The molecule has 101 valence electrons. The normalized spacial score (nSPS) is 11.5. The van der Waals surface area contributed by atoms with Crippen molar-refractivity contribution in [3.63, 3.8) is 0 Å². The molecule has 0 saturated carbocycles. The Balaban J connectivity index is 0.00000161. The van der Waals surface area contributed by atoms with Gasteiger partial charge in [-0.05, 0) is 11.1 Å². The fourth-order valence-electron chi connectivity index (χ4n) is 2.23. The van der Waals surface area contributed by atoms with E-state index in [2.05, 4.69) is 18.2 Å². The maximum atomic E-state index is 10.7. The van der Waals surface area contributed by atoms with Gasteiger partial charge in [-0.15, -0.1) is 0 Å². The molecule has 1 nitrogen and oxygen atoms in total. The van der Waals surface area contributed by atoms with Gasteiger partial charge < -0.3 is 4.89 Å². The molecule has 0 unspecified atom stereocenters. The zero-order valence-corrected chi connectivity index (χ0v) is 12.4. The largest absolute Gasteiger partial charge is 0.364 e. The van der Waals surface area contributed by atoms with Gasteiger partial charge in [0.25, 0.3) is 0 Å². The number of benzene rings is 3. The van der Waals surface area contributed by atoms with Gasteiger partial charge in [0.15, 0.2) is 0 Å². The van der Waals surface area contributed by atoms with Crippen molar-refractivity contribution in [2.75, 3.05) is 0 Å². The fourth-order valence-corrected chi connectivity index (χ4v) is 3.62. The number of rotatable bonds is 3. The minimum Gasteiger partial charge on any atom is -0.364 e.